The molecule has 0 fully saturated rings. The van der Waals surface area contributed by atoms with Crippen molar-refractivity contribution in [3.63, 3.8) is 0 Å². The van der Waals surface area contributed by atoms with Crippen LogP contribution in [0, 0.1) is 0 Å². The molecule has 2 heteroatoms. The smallest absolute Gasteiger partial charge is 0.0542 e. The molecule has 40 heavy (non-hydrogen) atoms. The molecule has 0 aliphatic carbocycles. The number of thiophene rings is 2. The Balaban J connectivity index is 1.26. The molecule has 220 valence electrons. The Labute approximate surface area is 254 Å². The fourth-order valence-electron chi connectivity index (χ4n) is 6.42. The van der Waals surface area contributed by atoms with Gasteiger partial charge in [0.2, 0.25) is 0 Å². The molecular weight excluding hydrogens is 521 g/mol. The molecule has 4 aromatic rings. The zero-order valence-corrected chi connectivity index (χ0v) is 27.5. The van der Waals surface area contributed by atoms with Gasteiger partial charge in [0.05, 0.1) is 9.40 Å². The van der Waals surface area contributed by atoms with Crippen LogP contribution in [-0.2, 0) is 12.8 Å². The van der Waals surface area contributed by atoms with Gasteiger partial charge in [-0.1, -0.05) is 166 Å². The van der Waals surface area contributed by atoms with E-state index in [1.807, 2.05) is 0 Å². The van der Waals surface area contributed by atoms with Crippen molar-refractivity contribution in [2.45, 2.75) is 155 Å². The summed E-state index contributed by atoms with van der Waals surface area (Å²) in [5, 5.41) is 3.02. The summed E-state index contributed by atoms with van der Waals surface area (Å²) < 4.78 is 6.19. The Bertz CT molecular complexity index is 1150. The first-order chi connectivity index (χ1) is 19.8. The Morgan fingerprint density at radius 2 is 0.700 bits per heavy atom. The Morgan fingerprint density at radius 1 is 0.375 bits per heavy atom. The van der Waals surface area contributed by atoms with Gasteiger partial charge >= 0.3 is 0 Å². The number of rotatable bonds is 22. The Hall–Kier alpha value is -1.38. The van der Waals surface area contributed by atoms with E-state index >= 15 is 0 Å². The van der Waals surface area contributed by atoms with E-state index < -0.39 is 0 Å². The zero-order chi connectivity index (χ0) is 27.8. The van der Waals surface area contributed by atoms with Crippen molar-refractivity contribution in [3.05, 3.63) is 47.5 Å². The maximum atomic E-state index is 2.40. The normalized spacial score (nSPS) is 11.9. The van der Waals surface area contributed by atoms with E-state index in [9.17, 15) is 0 Å². The van der Waals surface area contributed by atoms with Gasteiger partial charge in [-0.25, -0.2) is 0 Å². The summed E-state index contributed by atoms with van der Waals surface area (Å²) in [7, 11) is 0. The lowest BCUT2D eigenvalue weighted by Gasteiger charge is -2.05. The molecule has 4 rings (SSSR count). The van der Waals surface area contributed by atoms with E-state index in [0.29, 0.717) is 0 Å². The molecule has 0 nitrogen and oxygen atoms in total. The van der Waals surface area contributed by atoms with E-state index in [1.54, 1.807) is 20.5 Å². The molecule has 2 heterocycles. The summed E-state index contributed by atoms with van der Waals surface area (Å²) in [4.78, 5) is 0. The third-order valence-electron chi connectivity index (χ3n) is 8.90. The molecule has 0 spiro atoms. The molecule has 0 bridgehead atoms. The number of fused-ring (bicyclic) bond motifs is 5. The SMILES string of the molecule is CCCCCCCCCCCCc1cccc2c1sc1c3cccc(CCCCCCCCCCCC)c3sc21. The quantitative estimate of drug-likeness (QED) is 0.0816. The molecule has 0 saturated heterocycles. The second-order valence-electron chi connectivity index (χ2n) is 12.3. The van der Waals surface area contributed by atoms with E-state index in [0.717, 1.165) is 0 Å². The lowest BCUT2D eigenvalue weighted by Crippen LogP contribution is -1.87. The molecular formula is C38H56S2. The zero-order valence-electron chi connectivity index (χ0n) is 25.8. The van der Waals surface area contributed by atoms with Crippen molar-refractivity contribution < 1.29 is 0 Å². The molecule has 2 aromatic carbocycles. The molecule has 0 saturated carbocycles. The molecule has 0 aliphatic heterocycles. The summed E-state index contributed by atoms with van der Waals surface area (Å²) in [6, 6.07) is 14.2. The van der Waals surface area contributed by atoms with Crippen LogP contribution in [0.15, 0.2) is 36.4 Å². The number of aryl methyl sites for hydroxylation is 2. The maximum absolute atomic E-state index is 2.40. The number of hydrogen-bond acceptors (Lipinski definition) is 2. The highest BCUT2D eigenvalue weighted by Gasteiger charge is 2.15. The molecule has 0 amide bonds. The van der Waals surface area contributed by atoms with Gasteiger partial charge in [0, 0.05) is 20.2 Å². The van der Waals surface area contributed by atoms with Crippen LogP contribution < -0.4 is 0 Å². The Kier molecular flexibility index (Phi) is 14.4. The van der Waals surface area contributed by atoms with Crippen molar-refractivity contribution >= 4 is 52.2 Å². The molecule has 0 radical (unpaired) electrons. The minimum absolute atomic E-state index is 1.24. The van der Waals surface area contributed by atoms with E-state index in [-0.39, 0.29) is 0 Å². The van der Waals surface area contributed by atoms with Crippen LogP contribution >= 0.6 is 22.7 Å². The molecule has 2 aromatic heterocycles. The molecule has 0 atom stereocenters. The predicted molar refractivity (Wildman–Crippen MR) is 186 cm³/mol. The second kappa shape index (κ2) is 18.2. The van der Waals surface area contributed by atoms with Gasteiger partial charge in [-0.3, -0.25) is 0 Å². The van der Waals surface area contributed by atoms with Gasteiger partial charge < -0.3 is 0 Å². The van der Waals surface area contributed by atoms with Crippen LogP contribution in [0.25, 0.3) is 29.6 Å². The number of hydrogen-bond donors (Lipinski definition) is 0. The Morgan fingerprint density at radius 3 is 1.05 bits per heavy atom. The molecule has 0 unspecified atom stereocenters. The summed E-state index contributed by atoms with van der Waals surface area (Å²) in [6.07, 6.45) is 30.7. The van der Waals surface area contributed by atoms with Crippen molar-refractivity contribution in [3.8, 4) is 0 Å². The van der Waals surface area contributed by atoms with Crippen LogP contribution in [0.2, 0.25) is 0 Å². The summed E-state index contributed by atoms with van der Waals surface area (Å²) in [5.41, 5.74) is 3.17. The van der Waals surface area contributed by atoms with Crippen molar-refractivity contribution in [2.75, 3.05) is 0 Å². The van der Waals surface area contributed by atoms with Crippen LogP contribution in [0.5, 0.6) is 0 Å². The lowest BCUT2D eigenvalue weighted by atomic mass is 10.0. The van der Waals surface area contributed by atoms with Crippen LogP contribution in [0.4, 0.5) is 0 Å². The van der Waals surface area contributed by atoms with Crippen molar-refractivity contribution in [1.29, 1.82) is 0 Å². The third kappa shape index (κ3) is 9.32. The number of unbranched alkanes of at least 4 members (excludes halogenated alkanes) is 18. The van der Waals surface area contributed by atoms with Gasteiger partial charge in [-0.15, -0.1) is 22.7 Å². The summed E-state index contributed by atoms with van der Waals surface area (Å²) >= 11 is 4.14. The average Bonchev–Trinajstić information content (AvgIpc) is 3.52. The first-order valence-electron chi connectivity index (χ1n) is 17.2. The number of benzene rings is 2. The van der Waals surface area contributed by atoms with Gasteiger partial charge in [0.25, 0.3) is 0 Å². The summed E-state index contributed by atoms with van der Waals surface area (Å²) in [5.74, 6) is 0. The topological polar surface area (TPSA) is 0 Å². The monoisotopic (exact) mass is 576 g/mol. The minimum Gasteiger partial charge on any atom is -0.133 e. The van der Waals surface area contributed by atoms with Gasteiger partial charge in [0.1, 0.15) is 0 Å². The van der Waals surface area contributed by atoms with E-state index in [4.69, 9.17) is 0 Å². The maximum Gasteiger partial charge on any atom is 0.0542 e. The predicted octanol–water partition coefficient (Wildman–Crippen LogP) is 14.2. The largest absolute Gasteiger partial charge is 0.133 e. The second-order valence-corrected chi connectivity index (χ2v) is 14.4. The highest BCUT2D eigenvalue weighted by molar-refractivity contribution is 7.36. The highest BCUT2D eigenvalue weighted by Crippen LogP contribution is 2.46. The molecule has 0 N–H and O–H groups in total. The van der Waals surface area contributed by atoms with Crippen LogP contribution in [0.3, 0.4) is 0 Å². The van der Waals surface area contributed by atoms with Crippen LogP contribution in [0.1, 0.15) is 153 Å². The van der Waals surface area contributed by atoms with Gasteiger partial charge in [-0.05, 0) is 36.8 Å². The first kappa shape index (κ1) is 31.6. The van der Waals surface area contributed by atoms with Crippen LogP contribution in [-0.4, -0.2) is 0 Å². The van der Waals surface area contributed by atoms with E-state index in [2.05, 4.69) is 72.9 Å². The van der Waals surface area contributed by atoms with Gasteiger partial charge in [0.15, 0.2) is 0 Å². The fourth-order valence-corrected chi connectivity index (χ4v) is 9.33. The lowest BCUT2D eigenvalue weighted by molar-refractivity contribution is 0.556. The third-order valence-corrected chi connectivity index (χ3v) is 11.7. The summed E-state index contributed by atoms with van der Waals surface area (Å²) in [6.45, 7) is 4.61. The van der Waals surface area contributed by atoms with Crippen molar-refractivity contribution in [1.82, 2.24) is 0 Å². The van der Waals surface area contributed by atoms with E-state index in [1.165, 1.54) is 161 Å². The minimum atomic E-state index is 1.24. The fraction of sp³-hybridized carbons (Fsp3) is 0.632. The first-order valence-corrected chi connectivity index (χ1v) is 18.8. The van der Waals surface area contributed by atoms with Crippen molar-refractivity contribution in [2.24, 2.45) is 0 Å². The standard InChI is InChI=1S/C38H56S2/c1-3-5-7-9-11-13-15-17-19-21-25-31-27-23-29-33-35(31)39-38-34-30-24-28-32(36(34)40-37(33)38)26-22-20-18-16-14-12-10-8-6-4-2/h23-24,27-30H,3-22,25-26H2,1-2H3. The highest BCUT2D eigenvalue weighted by atomic mass is 32.1. The average molecular weight is 577 g/mol. The molecule has 0 aliphatic rings. The van der Waals surface area contributed by atoms with Gasteiger partial charge in [-0.2, -0.15) is 0 Å².